The smallest absolute Gasteiger partial charge is 0.160 e. The van der Waals surface area contributed by atoms with Crippen molar-refractivity contribution in [3.8, 4) is 5.75 Å². The number of phenols is 1. The Balaban J connectivity index is 1.98. The summed E-state index contributed by atoms with van der Waals surface area (Å²) >= 11 is 9.54. The van der Waals surface area contributed by atoms with Gasteiger partial charge in [0.1, 0.15) is 11.8 Å². The second kappa shape index (κ2) is 7.81. The first-order valence-corrected chi connectivity index (χ1v) is 9.67. The van der Waals surface area contributed by atoms with Crippen molar-refractivity contribution in [2.24, 2.45) is 5.92 Å². The Morgan fingerprint density at radius 3 is 2.60 bits per heavy atom. The van der Waals surface area contributed by atoms with E-state index in [0.717, 1.165) is 32.7 Å². The Morgan fingerprint density at radius 1 is 1.20 bits per heavy atom. The molecule has 1 aliphatic heterocycles. The van der Waals surface area contributed by atoms with E-state index in [-0.39, 0.29) is 12.2 Å². The molecule has 1 aliphatic rings. The van der Waals surface area contributed by atoms with Crippen molar-refractivity contribution in [3.05, 3.63) is 69.2 Å². The fourth-order valence-corrected chi connectivity index (χ4v) is 3.73. The molecular formula is C20H23BrClN2O+. The number of benzene rings is 2. The number of nitrogens with one attached hydrogen (secondary N) is 1. The van der Waals surface area contributed by atoms with E-state index in [1.807, 2.05) is 36.4 Å². The molecule has 25 heavy (non-hydrogen) atoms. The van der Waals surface area contributed by atoms with Gasteiger partial charge in [-0.15, -0.1) is 0 Å². The van der Waals surface area contributed by atoms with E-state index < -0.39 is 0 Å². The van der Waals surface area contributed by atoms with E-state index in [1.165, 1.54) is 0 Å². The van der Waals surface area contributed by atoms with Crippen molar-refractivity contribution in [1.82, 2.24) is 5.32 Å². The van der Waals surface area contributed by atoms with Crippen LogP contribution < -0.4 is 10.6 Å². The molecule has 0 spiro atoms. The lowest BCUT2D eigenvalue weighted by molar-refractivity contribution is -0.725. The van der Waals surface area contributed by atoms with E-state index in [2.05, 4.69) is 46.5 Å². The molecule has 5 heteroatoms. The summed E-state index contributed by atoms with van der Waals surface area (Å²) in [6.45, 7) is 4.45. The van der Waals surface area contributed by atoms with E-state index >= 15 is 0 Å². The standard InChI is InChI=1S/C20H22BrClN2O/c1-12(2)9-20-23-17(13-3-6-15(22)7-4-13)11-18(24-20)16-10-14(21)5-8-19(16)25/h3-8,10-12,18,20,23-25H,9H2,1-2H3/p+1. The molecule has 0 amide bonds. The molecule has 3 nitrogen and oxygen atoms in total. The normalized spacial score (nSPS) is 20.3. The van der Waals surface area contributed by atoms with E-state index in [1.54, 1.807) is 6.07 Å². The van der Waals surface area contributed by atoms with E-state index in [4.69, 9.17) is 11.6 Å². The van der Waals surface area contributed by atoms with E-state index in [0.29, 0.717) is 11.7 Å². The van der Waals surface area contributed by atoms with Crippen molar-refractivity contribution >= 4 is 33.2 Å². The van der Waals surface area contributed by atoms with Gasteiger partial charge in [-0.25, -0.2) is 0 Å². The lowest BCUT2D eigenvalue weighted by Crippen LogP contribution is -2.95. The van der Waals surface area contributed by atoms with E-state index in [9.17, 15) is 5.11 Å². The average Bonchev–Trinajstić information content (AvgIpc) is 2.57. The first-order chi connectivity index (χ1) is 11.9. The molecule has 0 radical (unpaired) electrons. The number of nitrogens with two attached hydrogens (primary N) is 1. The molecule has 2 aromatic carbocycles. The monoisotopic (exact) mass is 421 g/mol. The predicted molar refractivity (Wildman–Crippen MR) is 106 cm³/mol. The molecule has 2 atom stereocenters. The van der Waals surface area contributed by atoms with Crippen molar-refractivity contribution in [1.29, 1.82) is 0 Å². The van der Waals surface area contributed by atoms with Gasteiger partial charge in [0.25, 0.3) is 0 Å². The van der Waals surface area contributed by atoms with Crippen LogP contribution in [-0.2, 0) is 0 Å². The molecule has 3 rings (SSSR count). The minimum Gasteiger partial charge on any atom is -0.507 e. The Hall–Kier alpha value is -1.49. The third-order valence-electron chi connectivity index (χ3n) is 4.36. The van der Waals surface area contributed by atoms with Gasteiger partial charge in [0, 0.05) is 27.7 Å². The van der Waals surface area contributed by atoms with Gasteiger partial charge in [0.15, 0.2) is 6.17 Å². The molecule has 0 saturated carbocycles. The Kier molecular flexibility index (Phi) is 5.72. The second-order valence-electron chi connectivity index (χ2n) is 6.89. The van der Waals surface area contributed by atoms with Gasteiger partial charge in [-0.3, -0.25) is 0 Å². The van der Waals surface area contributed by atoms with Crippen LogP contribution in [0.5, 0.6) is 5.75 Å². The summed E-state index contributed by atoms with van der Waals surface area (Å²) in [5.41, 5.74) is 3.09. The second-order valence-corrected chi connectivity index (χ2v) is 8.24. The van der Waals surface area contributed by atoms with Crippen LogP contribution in [-0.4, -0.2) is 11.3 Å². The zero-order valence-corrected chi connectivity index (χ0v) is 16.7. The lowest BCUT2D eigenvalue weighted by Gasteiger charge is -2.30. The van der Waals surface area contributed by atoms with Gasteiger partial charge in [-0.1, -0.05) is 53.5 Å². The van der Waals surface area contributed by atoms with Gasteiger partial charge in [-0.05, 0) is 41.8 Å². The zero-order valence-electron chi connectivity index (χ0n) is 14.3. The summed E-state index contributed by atoms with van der Waals surface area (Å²) in [5.74, 6) is 0.899. The van der Waals surface area contributed by atoms with Gasteiger partial charge < -0.3 is 15.7 Å². The molecule has 0 fully saturated rings. The molecule has 132 valence electrons. The summed E-state index contributed by atoms with van der Waals surface area (Å²) in [7, 11) is 0. The lowest BCUT2D eigenvalue weighted by atomic mass is 9.97. The summed E-state index contributed by atoms with van der Waals surface area (Å²) < 4.78 is 0.967. The fourth-order valence-electron chi connectivity index (χ4n) is 3.22. The minimum absolute atomic E-state index is 0.0492. The van der Waals surface area contributed by atoms with Crippen molar-refractivity contribution in [2.45, 2.75) is 32.5 Å². The van der Waals surface area contributed by atoms with Crippen LogP contribution >= 0.6 is 27.5 Å². The van der Waals surface area contributed by atoms with Crippen LogP contribution in [0, 0.1) is 5.92 Å². The third-order valence-corrected chi connectivity index (χ3v) is 5.10. The first-order valence-electron chi connectivity index (χ1n) is 8.50. The van der Waals surface area contributed by atoms with Gasteiger partial charge in [0.05, 0.1) is 5.56 Å². The quantitative estimate of drug-likeness (QED) is 0.682. The highest BCUT2D eigenvalue weighted by molar-refractivity contribution is 9.10. The van der Waals surface area contributed by atoms with Crippen LogP contribution in [0.3, 0.4) is 0 Å². The summed E-state index contributed by atoms with van der Waals surface area (Å²) in [6, 6.07) is 13.5. The topological polar surface area (TPSA) is 48.9 Å². The average molecular weight is 423 g/mol. The van der Waals surface area contributed by atoms with Crippen LogP contribution in [0.25, 0.3) is 5.70 Å². The fraction of sp³-hybridized carbons (Fsp3) is 0.300. The largest absolute Gasteiger partial charge is 0.507 e. The van der Waals surface area contributed by atoms with Crippen molar-refractivity contribution in [2.75, 3.05) is 0 Å². The molecule has 1 heterocycles. The maximum atomic E-state index is 10.3. The highest BCUT2D eigenvalue weighted by atomic mass is 79.9. The maximum absolute atomic E-state index is 10.3. The highest BCUT2D eigenvalue weighted by Gasteiger charge is 2.28. The number of hydrogen-bond donors (Lipinski definition) is 3. The number of quaternary nitrogens is 1. The molecule has 0 saturated heterocycles. The predicted octanol–water partition coefficient (Wildman–Crippen LogP) is 4.43. The zero-order chi connectivity index (χ0) is 18.0. The number of rotatable bonds is 4. The molecule has 0 bridgehead atoms. The summed E-state index contributed by atoms with van der Waals surface area (Å²) in [5, 5.41) is 17.0. The number of phenolic OH excluding ortho intramolecular Hbond substituents is 1. The maximum Gasteiger partial charge on any atom is 0.160 e. The van der Waals surface area contributed by atoms with Gasteiger partial charge in [-0.2, -0.15) is 0 Å². The first kappa shape index (κ1) is 18.3. The Bertz CT molecular complexity index is 774. The van der Waals surface area contributed by atoms with Crippen LogP contribution in [0.1, 0.15) is 37.4 Å². The van der Waals surface area contributed by atoms with Crippen LogP contribution in [0.4, 0.5) is 0 Å². The van der Waals surface area contributed by atoms with Gasteiger partial charge in [0.2, 0.25) is 0 Å². The van der Waals surface area contributed by atoms with Crippen molar-refractivity contribution in [3.63, 3.8) is 0 Å². The number of hydrogen-bond acceptors (Lipinski definition) is 2. The molecular weight excluding hydrogens is 400 g/mol. The SMILES string of the molecule is CC(C)CC1NC(c2ccc(Cl)cc2)=CC(c2cc(Br)ccc2O)[NH2+]1. The minimum atomic E-state index is 0.0492. The third kappa shape index (κ3) is 4.57. The summed E-state index contributed by atoms with van der Waals surface area (Å²) in [6.07, 6.45) is 3.46. The summed E-state index contributed by atoms with van der Waals surface area (Å²) in [4.78, 5) is 0. The number of aromatic hydroxyl groups is 1. The molecule has 2 aromatic rings. The Labute approximate surface area is 162 Å². The molecule has 0 aliphatic carbocycles. The van der Waals surface area contributed by atoms with Crippen LogP contribution in [0.2, 0.25) is 5.02 Å². The molecule has 2 unspecified atom stereocenters. The van der Waals surface area contributed by atoms with Crippen LogP contribution in [0.15, 0.2) is 53.0 Å². The highest BCUT2D eigenvalue weighted by Crippen LogP contribution is 2.30. The Morgan fingerprint density at radius 2 is 1.92 bits per heavy atom. The molecule has 0 aromatic heterocycles. The van der Waals surface area contributed by atoms with Crippen molar-refractivity contribution < 1.29 is 10.4 Å². The van der Waals surface area contributed by atoms with Gasteiger partial charge >= 0.3 is 0 Å². The number of halogens is 2. The molecule has 4 N–H and O–H groups in total.